The van der Waals surface area contributed by atoms with Crippen molar-refractivity contribution in [3.63, 3.8) is 0 Å². The van der Waals surface area contributed by atoms with E-state index in [-0.39, 0.29) is 12.1 Å². The maximum Gasteiger partial charge on any atom is 0.187 e. The number of halogens is 1. The lowest BCUT2D eigenvalue weighted by molar-refractivity contribution is 0.171. The van der Waals surface area contributed by atoms with Crippen LogP contribution in [0, 0.1) is 17.9 Å². The van der Waals surface area contributed by atoms with E-state index in [4.69, 9.17) is 18.2 Å². The minimum Gasteiger partial charge on any atom is -0.361 e. The van der Waals surface area contributed by atoms with E-state index in [1.807, 2.05) is 30.3 Å². The van der Waals surface area contributed by atoms with Crippen LogP contribution in [-0.2, 0) is 0 Å². The van der Waals surface area contributed by atoms with Crippen molar-refractivity contribution in [3.05, 3.63) is 106 Å². The van der Waals surface area contributed by atoms with Gasteiger partial charge in [0.2, 0.25) is 0 Å². The molecular weight excluding hydrogens is 404 g/mol. The second kappa shape index (κ2) is 9.23. The van der Waals surface area contributed by atoms with Gasteiger partial charge in [0.15, 0.2) is 5.69 Å². The van der Waals surface area contributed by atoms with E-state index in [0.717, 1.165) is 25.3 Å². The Morgan fingerprint density at radius 1 is 1.06 bits per heavy atom. The van der Waals surface area contributed by atoms with Gasteiger partial charge >= 0.3 is 0 Å². The number of rotatable bonds is 4. The third kappa shape index (κ3) is 4.42. The zero-order valence-corrected chi connectivity index (χ0v) is 18.1. The number of hydrogen-bond acceptors (Lipinski definition) is 3. The van der Waals surface area contributed by atoms with Gasteiger partial charge in [-0.15, -0.1) is 0 Å². The summed E-state index contributed by atoms with van der Waals surface area (Å²) in [6, 6.07) is 26.5. The zero-order valence-electron chi connectivity index (χ0n) is 17.4. The first-order chi connectivity index (χ1) is 15.1. The minimum atomic E-state index is 0.144. The number of nitriles is 1. The van der Waals surface area contributed by atoms with Gasteiger partial charge < -0.3 is 4.90 Å². The second-order valence-electron chi connectivity index (χ2n) is 7.77. The SMILES string of the molecule is [C-]#[N+]c1ccc([C@@H](C)N2CCN(c3ccc(C#N)cc3Cl)[C@H](c3ccccc3)C2)cc1. The number of anilines is 1. The van der Waals surface area contributed by atoms with Crippen molar-refractivity contribution in [1.29, 1.82) is 5.26 Å². The van der Waals surface area contributed by atoms with Crippen LogP contribution in [0.3, 0.4) is 0 Å². The van der Waals surface area contributed by atoms with Gasteiger partial charge in [-0.2, -0.15) is 5.26 Å². The van der Waals surface area contributed by atoms with Crippen LogP contribution in [0.15, 0.2) is 72.8 Å². The van der Waals surface area contributed by atoms with E-state index in [9.17, 15) is 5.26 Å². The highest BCUT2D eigenvalue weighted by Gasteiger charge is 2.32. The highest BCUT2D eigenvalue weighted by atomic mass is 35.5. The van der Waals surface area contributed by atoms with Crippen LogP contribution in [0.25, 0.3) is 4.85 Å². The van der Waals surface area contributed by atoms with Crippen LogP contribution in [-0.4, -0.2) is 24.5 Å². The molecule has 4 rings (SSSR count). The summed E-state index contributed by atoms with van der Waals surface area (Å²) in [7, 11) is 0. The van der Waals surface area contributed by atoms with Crippen LogP contribution >= 0.6 is 11.6 Å². The van der Waals surface area contributed by atoms with Crippen molar-refractivity contribution in [2.45, 2.75) is 19.0 Å². The van der Waals surface area contributed by atoms with Gasteiger partial charge in [0, 0.05) is 25.7 Å². The zero-order chi connectivity index (χ0) is 21.8. The molecule has 1 aliphatic rings. The lowest BCUT2D eigenvalue weighted by Crippen LogP contribution is -2.49. The van der Waals surface area contributed by atoms with E-state index in [1.54, 1.807) is 6.07 Å². The van der Waals surface area contributed by atoms with Crippen LogP contribution in [0.2, 0.25) is 5.02 Å². The Morgan fingerprint density at radius 3 is 2.45 bits per heavy atom. The molecule has 0 aliphatic carbocycles. The average Bonchev–Trinajstić information content (AvgIpc) is 2.84. The molecule has 1 fully saturated rings. The number of benzene rings is 3. The maximum absolute atomic E-state index is 9.19. The fourth-order valence-corrected chi connectivity index (χ4v) is 4.54. The lowest BCUT2D eigenvalue weighted by atomic mass is 9.98. The lowest BCUT2D eigenvalue weighted by Gasteiger charge is -2.45. The van der Waals surface area contributed by atoms with Crippen LogP contribution in [0.1, 0.15) is 35.7 Å². The minimum absolute atomic E-state index is 0.144. The van der Waals surface area contributed by atoms with Crippen LogP contribution in [0.4, 0.5) is 11.4 Å². The molecular formula is C26H23ClN4. The first kappa shape index (κ1) is 20.9. The van der Waals surface area contributed by atoms with Crippen LogP contribution < -0.4 is 4.90 Å². The standard InChI is InChI=1S/C26H23ClN4/c1-19(21-9-11-23(29-2)12-10-21)30-14-15-31(25-13-8-20(17-28)16-24(25)27)26(18-30)22-6-4-3-5-7-22/h3-13,16,19,26H,14-15,18H2,1H3/t19-,26+/m1/s1. The Bertz CT molecular complexity index is 1130. The molecule has 1 aliphatic heterocycles. The van der Waals surface area contributed by atoms with E-state index in [1.165, 1.54) is 11.1 Å². The van der Waals surface area contributed by atoms with Gasteiger partial charge in [-0.1, -0.05) is 66.2 Å². The van der Waals surface area contributed by atoms with Gasteiger partial charge in [-0.25, -0.2) is 4.85 Å². The third-order valence-electron chi connectivity index (χ3n) is 6.03. The molecule has 1 heterocycles. The van der Waals surface area contributed by atoms with Crippen molar-refractivity contribution in [1.82, 2.24) is 4.90 Å². The molecule has 0 aromatic heterocycles. The highest BCUT2D eigenvalue weighted by Crippen LogP contribution is 2.37. The molecule has 0 spiro atoms. The van der Waals surface area contributed by atoms with Crippen molar-refractivity contribution < 1.29 is 0 Å². The number of hydrogen-bond donors (Lipinski definition) is 0. The molecule has 0 unspecified atom stereocenters. The molecule has 31 heavy (non-hydrogen) atoms. The summed E-state index contributed by atoms with van der Waals surface area (Å²) in [4.78, 5) is 8.33. The van der Waals surface area contributed by atoms with Gasteiger partial charge in [-0.3, -0.25) is 4.90 Å². The summed E-state index contributed by atoms with van der Waals surface area (Å²) in [6.45, 7) is 12.0. The predicted octanol–water partition coefficient (Wildman–Crippen LogP) is 6.39. The molecule has 154 valence electrons. The van der Waals surface area contributed by atoms with Crippen molar-refractivity contribution in [2.24, 2.45) is 0 Å². The Balaban J connectivity index is 1.64. The van der Waals surface area contributed by atoms with Crippen LogP contribution in [0.5, 0.6) is 0 Å². The van der Waals surface area contributed by atoms with E-state index < -0.39 is 0 Å². The smallest absolute Gasteiger partial charge is 0.187 e. The number of nitrogens with zero attached hydrogens (tertiary/aromatic N) is 4. The highest BCUT2D eigenvalue weighted by molar-refractivity contribution is 6.33. The van der Waals surface area contributed by atoms with Crippen molar-refractivity contribution >= 4 is 23.0 Å². The van der Waals surface area contributed by atoms with Crippen molar-refractivity contribution in [2.75, 3.05) is 24.5 Å². The topological polar surface area (TPSA) is 34.6 Å². The Labute approximate surface area is 188 Å². The molecule has 0 N–H and O–H groups in total. The number of piperazine rings is 1. The Hall–Kier alpha value is -3.31. The second-order valence-corrected chi connectivity index (χ2v) is 8.18. The molecule has 0 saturated carbocycles. The Morgan fingerprint density at radius 2 is 1.81 bits per heavy atom. The normalized spacial score (nSPS) is 17.5. The summed E-state index contributed by atoms with van der Waals surface area (Å²) in [5, 5.41) is 9.79. The molecule has 3 aromatic carbocycles. The third-order valence-corrected chi connectivity index (χ3v) is 6.34. The maximum atomic E-state index is 9.19. The summed E-state index contributed by atoms with van der Waals surface area (Å²) in [6.07, 6.45) is 0. The fourth-order valence-electron chi connectivity index (χ4n) is 4.25. The van der Waals surface area contributed by atoms with Crippen molar-refractivity contribution in [3.8, 4) is 6.07 Å². The molecule has 5 heteroatoms. The predicted molar refractivity (Wildman–Crippen MR) is 125 cm³/mol. The molecule has 0 radical (unpaired) electrons. The van der Waals surface area contributed by atoms with Gasteiger partial charge in [0.1, 0.15) is 0 Å². The Kier molecular flexibility index (Phi) is 6.23. The molecule has 0 amide bonds. The van der Waals surface area contributed by atoms with E-state index in [2.05, 4.69) is 64.0 Å². The molecule has 0 bridgehead atoms. The fraction of sp³-hybridized carbons (Fsp3) is 0.231. The monoisotopic (exact) mass is 426 g/mol. The average molecular weight is 427 g/mol. The molecule has 1 saturated heterocycles. The summed E-state index contributed by atoms with van der Waals surface area (Å²) >= 11 is 6.59. The van der Waals surface area contributed by atoms with E-state index in [0.29, 0.717) is 16.3 Å². The summed E-state index contributed by atoms with van der Waals surface area (Å²) in [5.74, 6) is 0. The van der Waals surface area contributed by atoms with E-state index >= 15 is 0 Å². The first-order valence-electron chi connectivity index (χ1n) is 10.3. The van der Waals surface area contributed by atoms with Gasteiger partial charge in [-0.05, 0) is 36.2 Å². The quantitative estimate of drug-likeness (QED) is 0.453. The summed E-state index contributed by atoms with van der Waals surface area (Å²) in [5.41, 5.74) is 4.65. The molecule has 4 nitrogen and oxygen atoms in total. The van der Waals surface area contributed by atoms with Gasteiger partial charge in [0.05, 0.1) is 35.0 Å². The molecule has 2 atom stereocenters. The largest absolute Gasteiger partial charge is 0.361 e. The summed E-state index contributed by atoms with van der Waals surface area (Å²) < 4.78 is 0. The first-order valence-corrected chi connectivity index (χ1v) is 10.7. The van der Waals surface area contributed by atoms with Gasteiger partial charge in [0.25, 0.3) is 0 Å². The molecule has 3 aromatic rings.